The van der Waals surface area contributed by atoms with E-state index >= 15 is 0 Å². The molecule has 0 saturated heterocycles. The monoisotopic (exact) mass is 235 g/mol. The number of hydrogen-bond acceptors (Lipinski definition) is 5. The molecule has 0 saturated carbocycles. The van der Waals surface area contributed by atoms with Crippen molar-refractivity contribution >= 4 is 10.1 Å². The van der Waals surface area contributed by atoms with Crippen LogP contribution in [0.4, 0.5) is 0 Å². The summed E-state index contributed by atoms with van der Waals surface area (Å²) < 4.78 is 33.0. The summed E-state index contributed by atoms with van der Waals surface area (Å²) in [6.07, 6.45) is 2.92. The molecule has 0 aliphatic carbocycles. The van der Waals surface area contributed by atoms with Crippen LogP contribution < -0.4 is 0 Å². The zero-order valence-electron chi connectivity index (χ0n) is 8.07. The predicted molar refractivity (Wildman–Crippen MR) is 55.4 cm³/mol. The van der Waals surface area contributed by atoms with Crippen molar-refractivity contribution in [1.29, 1.82) is 0 Å². The van der Waals surface area contributed by atoms with Gasteiger partial charge in [-0.15, -0.1) is 0 Å². The molecule has 0 bridgehead atoms. The molecule has 2 rings (SSSR count). The Balaban J connectivity index is 2.68. The Morgan fingerprint density at radius 2 is 1.75 bits per heavy atom. The van der Waals surface area contributed by atoms with E-state index in [1.54, 1.807) is 18.2 Å². The Labute approximate surface area is 92.6 Å². The van der Waals surface area contributed by atoms with Crippen molar-refractivity contribution in [3.8, 4) is 11.4 Å². The van der Waals surface area contributed by atoms with Gasteiger partial charge in [-0.1, -0.05) is 6.07 Å². The third-order valence-corrected chi connectivity index (χ3v) is 2.82. The second kappa shape index (κ2) is 3.99. The Morgan fingerprint density at radius 1 is 1.00 bits per heavy atom. The highest BCUT2D eigenvalue weighted by molar-refractivity contribution is 7.85. The summed E-state index contributed by atoms with van der Waals surface area (Å²) in [5.41, 5.74) is 0.440. The van der Waals surface area contributed by atoms with Gasteiger partial charge in [0.25, 0.3) is 0 Å². The Bertz CT molecular complexity index is 596. The van der Waals surface area contributed by atoms with E-state index in [2.05, 4.69) is 9.97 Å². The van der Waals surface area contributed by atoms with E-state index in [0.717, 1.165) is 0 Å². The van der Waals surface area contributed by atoms with Gasteiger partial charge in [0, 0.05) is 12.4 Å². The SMILES string of the molecule is O=S(=O)([O-])c1cccnc1-c1ccccn1. The summed E-state index contributed by atoms with van der Waals surface area (Å²) in [4.78, 5) is 7.48. The molecule has 6 heteroatoms. The number of rotatable bonds is 2. The van der Waals surface area contributed by atoms with Crippen molar-refractivity contribution in [2.75, 3.05) is 0 Å². The Kier molecular flexibility index (Phi) is 2.67. The molecule has 0 aliphatic heterocycles. The molecule has 0 aromatic carbocycles. The second-order valence-corrected chi connectivity index (χ2v) is 4.37. The maximum Gasteiger partial charge on any atom is 0.126 e. The van der Waals surface area contributed by atoms with E-state index < -0.39 is 10.1 Å². The van der Waals surface area contributed by atoms with E-state index in [9.17, 15) is 13.0 Å². The largest absolute Gasteiger partial charge is 0.744 e. The molecular formula is C10H7N2O3S-. The van der Waals surface area contributed by atoms with Crippen LogP contribution in [0.15, 0.2) is 47.6 Å². The van der Waals surface area contributed by atoms with Gasteiger partial charge in [-0.25, -0.2) is 8.42 Å². The van der Waals surface area contributed by atoms with Gasteiger partial charge >= 0.3 is 0 Å². The lowest BCUT2D eigenvalue weighted by Crippen LogP contribution is -2.03. The number of pyridine rings is 2. The van der Waals surface area contributed by atoms with Gasteiger partial charge in [0.15, 0.2) is 0 Å². The summed E-state index contributed by atoms with van der Waals surface area (Å²) in [6.45, 7) is 0. The molecule has 16 heavy (non-hydrogen) atoms. The zero-order chi connectivity index (χ0) is 11.6. The molecular weight excluding hydrogens is 228 g/mol. The van der Waals surface area contributed by atoms with Gasteiger partial charge in [0.2, 0.25) is 0 Å². The van der Waals surface area contributed by atoms with Gasteiger partial charge < -0.3 is 4.55 Å². The number of hydrogen-bond donors (Lipinski definition) is 0. The highest BCUT2D eigenvalue weighted by atomic mass is 32.2. The smallest absolute Gasteiger partial charge is 0.126 e. The zero-order valence-corrected chi connectivity index (χ0v) is 8.89. The minimum atomic E-state index is -4.53. The normalized spacial score (nSPS) is 11.3. The van der Waals surface area contributed by atoms with Crippen molar-refractivity contribution in [3.05, 3.63) is 42.7 Å². The van der Waals surface area contributed by atoms with Crippen molar-refractivity contribution in [1.82, 2.24) is 9.97 Å². The first-order valence-corrected chi connectivity index (χ1v) is 5.82. The average Bonchev–Trinajstić information content (AvgIpc) is 2.29. The van der Waals surface area contributed by atoms with Crippen LogP contribution in [0, 0.1) is 0 Å². The van der Waals surface area contributed by atoms with Crippen LogP contribution >= 0.6 is 0 Å². The average molecular weight is 235 g/mol. The summed E-state index contributed by atoms with van der Waals surface area (Å²) in [7, 11) is -4.53. The van der Waals surface area contributed by atoms with Gasteiger partial charge in [-0.2, -0.15) is 0 Å². The molecule has 0 spiro atoms. The number of nitrogens with zero attached hydrogens (tertiary/aromatic N) is 2. The molecule has 0 fully saturated rings. The molecule has 5 nitrogen and oxygen atoms in total. The molecule has 2 heterocycles. The highest BCUT2D eigenvalue weighted by Crippen LogP contribution is 2.22. The van der Waals surface area contributed by atoms with Crippen LogP contribution in [0.1, 0.15) is 0 Å². The van der Waals surface area contributed by atoms with Crippen LogP contribution in [0.5, 0.6) is 0 Å². The van der Waals surface area contributed by atoms with Gasteiger partial charge in [0.05, 0.1) is 10.6 Å². The summed E-state index contributed by atoms with van der Waals surface area (Å²) in [5, 5.41) is 0. The molecule has 0 amide bonds. The lowest BCUT2D eigenvalue weighted by atomic mass is 10.2. The number of aromatic nitrogens is 2. The molecule has 82 valence electrons. The minimum absolute atomic E-state index is 0.0816. The van der Waals surface area contributed by atoms with Crippen LogP contribution in [-0.2, 0) is 10.1 Å². The third kappa shape index (κ3) is 2.07. The quantitative estimate of drug-likeness (QED) is 0.726. The minimum Gasteiger partial charge on any atom is -0.744 e. The van der Waals surface area contributed by atoms with Gasteiger partial charge in [-0.05, 0) is 24.3 Å². The van der Waals surface area contributed by atoms with Gasteiger partial charge in [-0.3, -0.25) is 9.97 Å². The molecule has 2 aromatic heterocycles. The predicted octanol–water partition coefficient (Wildman–Crippen LogP) is 1.05. The Morgan fingerprint density at radius 3 is 2.38 bits per heavy atom. The van der Waals surface area contributed by atoms with Crippen molar-refractivity contribution < 1.29 is 13.0 Å². The van der Waals surface area contributed by atoms with Crippen LogP contribution in [-0.4, -0.2) is 22.9 Å². The first-order valence-electron chi connectivity index (χ1n) is 4.41. The topological polar surface area (TPSA) is 83.0 Å². The van der Waals surface area contributed by atoms with Crippen molar-refractivity contribution in [2.45, 2.75) is 4.90 Å². The Hall–Kier alpha value is -1.79. The van der Waals surface area contributed by atoms with E-state index in [4.69, 9.17) is 0 Å². The summed E-state index contributed by atoms with van der Waals surface area (Å²) in [5.74, 6) is 0. The fourth-order valence-corrected chi connectivity index (χ4v) is 1.93. The molecule has 0 radical (unpaired) electrons. The third-order valence-electron chi connectivity index (χ3n) is 1.95. The van der Waals surface area contributed by atoms with E-state index in [1.807, 2.05) is 0 Å². The molecule has 0 N–H and O–H groups in total. The molecule has 0 aliphatic rings. The van der Waals surface area contributed by atoms with Crippen LogP contribution in [0.2, 0.25) is 0 Å². The molecule has 2 aromatic rings. The maximum atomic E-state index is 11.0. The fourth-order valence-electron chi connectivity index (χ4n) is 1.29. The standard InChI is InChI=1S/C10H8N2O3S/c13-16(14,15)9-5-3-7-12-10(9)8-4-1-2-6-11-8/h1-7H,(H,13,14,15)/p-1. The van der Waals surface area contributed by atoms with E-state index in [-0.39, 0.29) is 10.6 Å². The van der Waals surface area contributed by atoms with Crippen LogP contribution in [0.3, 0.4) is 0 Å². The lowest BCUT2D eigenvalue weighted by molar-refractivity contribution is 0.463. The summed E-state index contributed by atoms with van der Waals surface area (Å²) in [6, 6.07) is 7.60. The molecule has 0 unspecified atom stereocenters. The fraction of sp³-hybridized carbons (Fsp3) is 0. The second-order valence-electron chi connectivity index (χ2n) is 3.02. The maximum absolute atomic E-state index is 11.0. The first-order chi connectivity index (χ1) is 7.59. The van der Waals surface area contributed by atoms with Crippen molar-refractivity contribution in [3.63, 3.8) is 0 Å². The highest BCUT2D eigenvalue weighted by Gasteiger charge is 2.11. The van der Waals surface area contributed by atoms with E-state index in [0.29, 0.717) is 5.69 Å². The lowest BCUT2D eigenvalue weighted by Gasteiger charge is -2.10. The molecule has 0 atom stereocenters. The van der Waals surface area contributed by atoms with Crippen molar-refractivity contribution in [2.24, 2.45) is 0 Å². The van der Waals surface area contributed by atoms with E-state index in [1.165, 1.54) is 24.5 Å². The first kappa shape index (κ1) is 10.7. The van der Waals surface area contributed by atoms with Gasteiger partial charge in [0.1, 0.15) is 15.8 Å². The van der Waals surface area contributed by atoms with Crippen LogP contribution in [0.25, 0.3) is 11.4 Å². The summed E-state index contributed by atoms with van der Waals surface area (Å²) >= 11 is 0.